The molecule has 0 bridgehead atoms. The number of rotatable bonds is 18. The van der Waals surface area contributed by atoms with E-state index in [1.54, 1.807) is 0 Å². The Kier molecular flexibility index (Phi) is 14.7. The number of hydrogen-bond acceptors (Lipinski definition) is 6. The van der Waals surface area contributed by atoms with Crippen LogP contribution in [0.2, 0.25) is 0 Å². The number of ether oxygens (including phenoxy) is 2. The molecule has 0 radical (unpaired) electrons. The van der Waals surface area contributed by atoms with Crippen LogP contribution in [0.15, 0.2) is 23.4 Å². The van der Waals surface area contributed by atoms with Gasteiger partial charge in [0, 0.05) is 49.1 Å². The van der Waals surface area contributed by atoms with Crippen LogP contribution in [-0.4, -0.2) is 69.2 Å². The summed E-state index contributed by atoms with van der Waals surface area (Å²) in [5.41, 5.74) is 2.75. The van der Waals surface area contributed by atoms with Gasteiger partial charge in [-0.25, -0.2) is 0 Å². The minimum absolute atomic E-state index is 0.300. The molecule has 0 amide bonds. The van der Waals surface area contributed by atoms with Crippen molar-refractivity contribution < 1.29 is 9.47 Å². The van der Waals surface area contributed by atoms with Gasteiger partial charge in [0.1, 0.15) is 0 Å². The zero-order chi connectivity index (χ0) is 27.2. The number of nitrogens with one attached hydrogen (secondary N) is 4. The van der Waals surface area contributed by atoms with Gasteiger partial charge in [0.15, 0.2) is 0 Å². The Morgan fingerprint density at radius 1 is 0.921 bits per heavy atom. The quantitative estimate of drug-likeness (QED) is 0.176. The van der Waals surface area contributed by atoms with E-state index in [1.165, 1.54) is 62.6 Å². The molecule has 0 spiro atoms. The molecule has 0 aromatic heterocycles. The van der Waals surface area contributed by atoms with E-state index in [0.29, 0.717) is 42.2 Å². The minimum Gasteiger partial charge on any atom is -0.387 e. The summed E-state index contributed by atoms with van der Waals surface area (Å²) in [5.74, 6) is 0.605. The fraction of sp³-hybridized carbons (Fsp3) is 0.875. The lowest BCUT2D eigenvalue weighted by molar-refractivity contribution is 0.0409. The Morgan fingerprint density at radius 2 is 1.66 bits per heavy atom. The molecule has 220 valence electrons. The van der Waals surface area contributed by atoms with Gasteiger partial charge in [-0.2, -0.15) is 0 Å². The van der Waals surface area contributed by atoms with Crippen LogP contribution in [0.25, 0.3) is 0 Å². The highest BCUT2D eigenvalue weighted by atomic mass is 16.5. The molecular formula is C32H60N4O2. The molecule has 5 unspecified atom stereocenters. The third-order valence-electron chi connectivity index (χ3n) is 8.65. The highest BCUT2D eigenvalue weighted by Crippen LogP contribution is 2.22. The lowest BCUT2D eigenvalue weighted by atomic mass is 10.0. The number of allylic oxidation sites excluding steroid dienone is 4. The van der Waals surface area contributed by atoms with E-state index in [4.69, 9.17) is 9.47 Å². The number of unbranched alkanes of at least 4 members (excludes halogenated alkanes) is 1. The average molecular weight is 533 g/mol. The molecule has 0 aromatic carbocycles. The first-order chi connectivity index (χ1) is 18.5. The Bertz CT molecular complexity index is 706. The molecule has 3 aliphatic heterocycles. The molecule has 3 fully saturated rings. The van der Waals surface area contributed by atoms with E-state index in [9.17, 15) is 0 Å². The van der Waals surface area contributed by atoms with E-state index in [-0.39, 0.29) is 0 Å². The van der Waals surface area contributed by atoms with Crippen molar-refractivity contribution in [2.45, 2.75) is 142 Å². The van der Waals surface area contributed by atoms with E-state index < -0.39 is 0 Å². The van der Waals surface area contributed by atoms with Crippen LogP contribution in [0, 0.1) is 5.92 Å². The third kappa shape index (κ3) is 11.7. The zero-order valence-corrected chi connectivity index (χ0v) is 25.3. The predicted octanol–water partition coefficient (Wildman–Crippen LogP) is 5.45. The van der Waals surface area contributed by atoms with Crippen LogP contribution in [0.3, 0.4) is 0 Å². The predicted molar refractivity (Wildman–Crippen MR) is 161 cm³/mol. The molecule has 0 saturated carbocycles. The lowest BCUT2D eigenvalue weighted by Crippen LogP contribution is -2.39. The summed E-state index contributed by atoms with van der Waals surface area (Å²) in [6.07, 6.45) is 18.2. The van der Waals surface area contributed by atoms with Gasteiger partial charge in [-0.1, -0.05) is 39.3 Å². The maximum Gasteiger partial charge on any atom is 0.0623 e. The van der Waals surface area contributed by atoms with Crippen molar-refractivity contribution >= 4 is 0 Å². The van der Waals surface area contributed by atoms with Crippen molar-refractivity contribution in [1.82, 2.24) is 21.3 Å². The van der Waals surface area contributed by atoms with Gasteiger partial charge in [0.05, 0.1) is 19.3 Å². The van der Waals surface area contributed by atoms with Crippen LogP contribution in [0.4, 0.5) is 0 Å². The Balaban J connectivity index is 1.25. The summed E-state index contributed by atoms with van der Waals surface area (Å²) < 4.78 is 12.3. The van der Waals surface area contributed by atoms with Crippen LogP contribution in [0.5, 0.6) is 0 Å². The van der Waals surface area contributed by atoms with Crippen molar-refractivity contribution in [1.29, 1.82) is 0 Å². The molecular weight excluding hydrogens is 472 g/mol. The van der Waals surface area contributed by atoms with E-state index in [0.717, 1.165) is 52.2 Å². The fourth-order valence-electron chi connectivity index (χ4n) is 6.40. The van der Waals surface area contributed by atoms with Gasteiger partial charge in [-0.05, 0) is 96.1 Å². The first-order valence-electron chi connectivity index (χ1n) is 16.0. The highest BCUT2D eigenvalue weighted by Gasteiger charge is 2.28. The summed E-state index contributed by atoms with van der Waals surface area (Å²) in [7, 11) is 0. The molecule has 4 N–H and O–H groups in total. The van der Waals surface area contributed by atoms with Crippen LogP contribution in [0.1, 0.15) is 105 Å². The van der Waals surface area contributed by atoms with E-state index in [1.807, 2.05) is 0 Å². The van der Waals surface area contributed by atoms with Crippen molar-refractivity contribution in [2.75, 3.05) is 32.9 Å². The van der Waals surface area contributed by atoms with Crippen molar-refractivity contribution in [2.24, 2.45) is 5.92 Å². The summed E-state index contributed by atoms with van der Waals surface area (Å²) >= 11 is 0. The van der Waals surface area contributed by atoms with Gasteiger partial charge in [-0.15, -0.1) is 0 Å². The summed E-state index contributed by atoms with van der Waals surface area (Å²) in [6, 6.07) is 2.82. The molecule has 6 heteroatoms. The molecule has 3 rings (SSSR count). The van der Waals surface area contributed by atoms with Crippen LogP contribution < -0.4 is 21.3 Å². The van der Waals surface area contributed by atoms with E-state index >= 15 is 0 Å². The van der Waals surface area contributed by atoms with Crippen molar-refractivity contribution in [3.05, 3.63) is 23.4 Å². The van der Waals surface area contributed by atoms with Gasteiger partial charge in [-0.3, -0.25) is 0 Å². The van der Waals surface area contributed by atoms with Gasteiger partial charge in [0.25, 0.3) is 0 Å². The smallest absolute Gasteiger partial charge is 0.0623 e. The second-order valence-corrected chi connectivity index (χ2v) is 12.4. The molecule has 38 heavy (non-hydrogen) atoms. The van der Waals surface area contributed by atoms with Crippen LogP contribution >= 0.6 is 0 Å². The summed E-state index contributed by atoms with van der Waals surface area (Å²) in [6.45, 7) is 16.0. The maximum atomic E-state index is 6.33. The second kappa shape index (κ2) is 17.7. The third-order valence-corrected chi connectivity index (χ3v) is 8.65. The minimum atomic E-state index is 0.300. The number of hydrogen-bond donors (Lipinski definition) is 4. The molecule has 3 saturated heterocycles. The van der Waals surface area contributed by atoms with E-state index in [2.05, 4.69) is 68.0 Å². The monoisotopic (exact) mass is 532 g/mol. The summed E-state index contributed by atoms with van der Waals surface area (Å²) in [5, 5.41) is 15.0. The SMILES string of the molecule is CCC/C=C\C(C)=C(/CC)NC[C@@H]1CCC(CC(C)OC[C@@H]2CCC(CC(C)COCC3CCCN3)N2)N1. The van der Waals surface area contributed by atoms with Crippen LogP contribution in [-0.2, 0) is 9.47 Å². The normalized spacial score (nSPS) is 30.2. The Hall–Kier alpha value is -0.920. The molecule has 0 aromatic rings. The fourth-order valence-corrected chi connectivity index (χ4v) is 6.40. The maximum absolute atomic E-state index is 6.33. The largest absolute Gasteiger partial charge is 0.387 e. The molecule has 3 heterocycles. The molecule has 3 aliphatic rings. The average Bonchev–Trinajstić information content (AvgIpc) is 3.67. The Morgan fingerprint density at radius 3 is 2.39 bits per heavy atom. The summed E-state index contributed by atoms with van der Waals surface area (Å²) in [4.78, 5) is 0. The molecule has 7 atom stereocenters. The van der Waals surface area contributed by atoms with Crippen molar-refractivity contribution in [3.8, 4) is 0 Å². The molecule has 6 nitrogen and oxygen atoms in total. The van der Waals surface area contributed by atoms with Gasteiger partial charge >= 0.3 is 0 Å². The van der Waals surface area contributed by atoms with Gasteiger partial charge in [0.2, 0.25) is 0 Å². The van der Waals surface area contributed by atoms with Gasteiger partial charge < -0.3 is 30.7 Å². The first kappa shape index (κ1) is 31.6. The Labute approximate surface area is 234 Å². The first-order valence-corrected chi connectivity index (χ1v) is 16.0. The highest BCUT2D eigenvalue weighted by molar-refractivity contribution is 5.22. The topological polar surface area (TPSA) is 66.6 Å². The second-order valence-electron chi connectivity index (χ2n) is 12.4. The lowest BCUT2D eigenvalue weighted by Gasteiger charge is -2.22. The van der Waals surface area contributed by atoms with Crippen molar-refractivity contribution in [3.63, 3.8) is 0 Å². The molecule has 0 aliphatic carbocycles. The standard InChI is InChI=1S/C32H60N4O2/c1-6-8-9-11-25(4)32(7-2)34-20-29-15-13-28(35-29)19-26(5)38-23-31-16-14-27(36-31)18-24(3)21-37-22-30-12-10-17-33-30/h9,11,24,26-31,33-36H,6-8,10,12-23H2,1-5H3/b11-9-,32-25+/t24?,26?,27?,28?,29-,30?,31-/m0/s1. The zero-order valence-electron chi connectivity index (χ0n) is 25.3.